The van der Waals surface area contributed by atoms with Crippen molar-refractivity contribution < 1.29 is 9.53 Å². The van der Waals surface area contributed by atoms with E-state index in [9.17, 15) is 4.79 Å². The van der Waals surface area contributed by atoms with Crippen LogP contribution in [0.25, 0.3) is 5.69 Å². The summed E-state index contributed by atoms with van der Waals surface area (Å²) in [5.41, 5.74) is 7.22. The highest BCUT2D eigenvalue weighted by Crippen LogP contribution is 2.38. The summed E-state index contributed by atoms with van der Waals surface area (Å²) in [6, 6.07) is 26.1. The molecule has 166 valence electrons. The molecule has 5 rings (SSSR count). The summed E-state index contributed by atoms with van der Waals surface area (Å²) >= 11 is 0. The maximum atomic E-state index is 13.9. The van der Waals surface area contributed by atoms with Gasteiger partial charge in [-0.2, -0.15) is 0 Å². The fraction of sp³-hybridized carbons (Fsp3) is 0.179. The van der Waals surface area contributed by atoms with Crippen LogP contribution in [-0.4, -0.2) is 22.6 Å². The quantitative estimate of drug-likeness (QED) is 0.412. The van der Waals surface area contributed by atoms with Gasteiger partial charge in [0.15, 0.2) is 0 Å². The second-order valence-electron chi connectivity index (χ2n) is 8.45. The lowest BCUT2D eigenvalue weighted by Gasteiger charge is -2.32. The highest BCUT2D eigenvalue weighted by molar-refractivity contribution is 5.92. The predicted molar refractivity (Wildman–Crippen MR) is 131 cm³/mol. The van der Waals surface area contributed by atoms with E-state index in [4.69, 9.17) is 4.74 Å². The zero-order valence-corrected chi connectivity index (χ0v) is 19.1. The van der Waals surface area contributed by atoms with Crippen LogP contribution in [0.2, 0.25) is 0 Å². The second kappa shape index (κ2) is 8.51. The molecule has 0 radical (unpaired) electrons. The molecule has 1 N–H and O–H groups in total. The van der Waals surface area contributed by atoms with Crippen LogP contribution >= 0.6 is 0 Å². The maximum Gasteiger partial charge on any atom is 0.323 e. The first-order valence-electron chi connectivity index (χ1n) is 11.1. The molecule has 1 aliphatic heterocycles. The van der Waals surface area contributed by atoms with Crippen LogP contribution < -0.4 is 10.1 Å². The van der Waals surface area contributed by atoms with E-state index >= 15 is 0 Å². The van der Waals surface area contributed by atoms with Crippen LogP contribution in [0, 0.1) is 13.8 Å². The monoisotopic (exact) mass is 437 g/mol. The smallest absolute Gasteiger partial charge is 0.323 e. The lowest BCUT2D eigenvalue weighted by Crippen LogP contribution is -2.38. The number of carbonyl (C=O) groups is 1. The molecule has 0 aliphatic carbocycles. The molecule has 2 amide bonds. The Kier molecular flexibility index (Phi) is 5.38. The number of urea groups is 1. The molecule has 0 unspecified atom stereocenters. The fourth-order valence-electron chi connectivity index (χ4n) is 4.67. The number of rotatable bonds is 3. The molecule has 2 heterocycles. The Hall–Kier alpha value is -3.99. The lowest BCUT2D eigenvalue weighted by atomic mass is 9.97. The van der Waals surface area contributed by atoms with E-state index < -0.39 is 0 Å². The Morgan fingerprint density at radius 2 is 1.76 bits per heavy atom. The van der Waals surface area contributed by atoms with Gasteiger partial charge in [0.05, 0.1) is 25.0 Å². The van der Waals surface area contributed by atoms with E-state index in [1.54, 1.807) is 7.11 Å². The van der Waals surface area contributed by atoms with Gasteiger partial charge in [0.1, 0.15) is 11.8 Å². The van der Waals surface area contributed by atoms with Crippen molar-refractivity contribution in [1.29, 1.82) is 0 Å². The zero-order valence-electron chi connectivity index (χ0n) is 19.1. The standard InChI is InChI=1S/C28H27N3O2/c1-19-14-15-26(33-3)23(17-19)29-28(32)31-18-21-10-5-7-12-24(21)30-16-8-13-25(30)27(31)22-11-6-4-9-20(22)2/h4-17,27H,18H2,1-3H3,(H,29,32)/t27-/m1/s1. The summed E-state index contributed by atoms with van der Waals surface area (Å²) in [5.74, 6) is 0.639. The van der Waals surface area contributed by atoms with Crippen molar-refractivity contribution in [3.8, 4) is 11.4 Å². The van der Waals surface area contributed by atoms with Crippen molar-refractivity contribution in [2.24, 2.45) is 0 Å². The van der Waals surface area contributed by atoms with Crippen molar-refractivity contribution in [2.45, 2.75) is 26.4 Å². The highest BCUT2D eigenvalue weighted by atomic mass is 16.5. The number of hydrogen-bond donors (Lipinski definition) is 1. The largest absolute Gasteiger partial charge is 0.495 e. The van der Waals surface area contributed by atoms with Gasteiger partial charge in [-0.3, -0.25) is 0 Å². The van der Waals surface area contributed by atoms with Crippen LogP contribution in [-0.2, 0) is 6.54 Å². The first-order chi connectivity index (χ1) is 16.1. The van der Waals surface area contributed by atoms with Gasteiger partial charge in [0, 0.05) is 11.9 Å². The Balaban J connectivity index is 1.65. The van der Waals surface area contributed by atoms with E-state index in [1.165, 1.54) is 0 Å². The average Bonchev–Trinajstić information content (AvgIpc) is 3.24. The molecule has 1 atom stereocenters. The molecule has 1 aromatic heterocycles. The number of aryl methyl sites for hydroxylation is 2. The third-order valence-corrected chi connectivity index (χ3v) is 6.30. The van der Waals surface area contributed by atoms with Gasteiger partial charge in [-0.1, -0.05) is 48.5 Å². The van der Waals surface area contributed by atoms with Crippen molar-refractivity contribution in [2.75, 3.05) is 12.4 Å². The number of para-hydroxylation sites is 1. The molecular formula is C28H27N3O2. The lowest BCUT2D eigenvalue weighted by molar-refractivity contribution is 0.194. The van der Waals surface area contributed by atoms with Crippen molar-refractivity contribution in [3.63, 3.8) is 0 Å². The minimum Gasteiger partial charge on any atom is -0.495 e. The van der Waals surface area contributed by atoms with Crippen LogP contribution in [0.4, 0.5) is 10.5 Å². The van der Waals surface area contributed by atoms with Crippen LogP contribution in [0.5, 0.6) is 5.75 Å². The fourth-order valence-corrected chi connectivity index (χ4v) is 4.67. The van der Waals surface area contributed by atoms with Gasteiger partial charge < -0.3 is 19.5 Å². The molecule has 0 fully saturated rings. The first kappa shape index (κ1) is 20.9. The van der Waals surface area contributed by atoms with Crippen molar-refractivity contribution in [3.05, 3.63) is 113 Å². The summed E-state index contributed by atoms with van der Waals surface area (Å²) in [6.45, 7) is 4.58. The number of anilines is 1. The zero-order chi connectivity index (χ0) is 22.9. The number of benzene rings is 3. The van der Waals surface area contributed by atoms with Gasteiger partial charge in [-0.15, -0.1) is 0 Å². The molecule has 0 spiro atoms. The molecule has 5 nitrogen and oxygen atoms in total. The number of aromatic nitrogens is 1. The molecule has 3 aromatic carbocycles. The molecule has 0 saturated carbocycles. The van der Waals surface area contributed by atoms with Gasteiger partial charge >= 0.3 is 6.03 Å². The molecule has 0 saturated heterocycles. The molecular weight excluding hydrogens is 410 g/mol. The normalized spacial score (nSPS) is 14.8. The number of carbonyl (C=O) groups excluding carboxylic acids is 1. The number of ether oxygens (including phenoxy) is 1. The Morgan fingerprint density at radius 3 is 2.58 bits per heavy atom. The Bertz CT molecular complexity index is 1320. The number of amides is 2. The summed E-state index contributed by atoms with van der Waals surface area (Å²) in [7, 11) is 1.62. The minimum atomic E-state index is -0.246. The van der Waals surface area contributed by atoms with Crippen LogP contribution in [0.1, 0.15) is 34.0 Å². The number of methoxy groups -OCH3 is 1. The SMILES string of the molecule is COc1ccc(C)cc1NC(=O)N1Cc2ccccc2-n2cccc2[C@H]1c1ccccc1C. The molecule has 5 heteroatoms. The first-order valence-corrected chi connectivity index (χ1v) is 11.1. The Morgan fingerprint density at radius 1 is 0.970 bits per heavy atom. The van der Waals surface area contributed by atoms with Gasteiger partial charge in [-0.05, 0) is 66.4 Å². The number of nitrogens with zero attached hydrogens (tertiary/aromatic N) is 2. The topological polar surface area (TPSA) is 46.5 Å². The van der Waals surface area contributed by atoms with Crippen LogP contribution in [0.3, 0.4) is 0 Å². The summed E-state index contributed by atoms with van der Waals surface area (Å²) in [6.07, 6.45) is 2.07. The molecule has 33 heavy (non-hydrogen) atoms. The number of fused-ring (bicyclic) bond motifs is 3. The van der Waals surface area contributed by atoms with E-state index in [0.29, 0.717) is 18.0 Å². The maximum absolute atomic E-state index is 13.9. The summed E-state index contributed by atoms with van der Waals surface area (Å²) < 4.78 is 7.71. The number of hydrogen-bond acceptors (Lipinski definition) is 2. The Labute approximate surface area is 194 Å². The van der Waals surface area contributed by atoms with Gasteiger partial charge in [0.2, 0.25) is 0 Å². The molecule has 0 bridgehead atoms. The van der Waals surface area contributed by atoms with E-state index in [2.05, 4.69) is 53.3 Å². The predicted octanol–water partition coefficient (Wildman–Crippen LogP) is 6.24. The highest BCUT2D eigenvalue weighted by Gasteiger charge is 2.33. The third-order valence-electron chi connectivity index (χ3n) is 6.30. The number of nitrogens with one attached hydrogen (secondary N) is 1. The summed E-state index contributed by atoms with van der Waals surface area (Å²) in [4.78, 5) is 15.8. The minimum absolute atomic E-state index is 0.170. The van der Waals surface area contributed by atoms with Gasteiger partial charge in [0.25, 0.3) is 0 Å². The second-order valence-corrected chi connectivity index (χ2v) is 8.45. The average molecular weight is 438 g/mol. The molecule has 4 aromatic rings. The van der Waals surface area contributed by atoms with E-state index in [-0.39, 0.29) is 12.1 Å². The summed E-state index contributed by atoms with van der Waals surface area (Å²) in [5, 5.41) is 3.13. The van der Waals surface area contributed by atoms with Crippen molar-refractivity contribution >= 4 is 11.7 Å². The van der Waals surface area contributed by atoms with Gasteiger partial charge in [-0.25, -0.2) is 4.79 Å². The molecule has 1 aliphatic rings. The van der Waals surface area contributed by atoms with E-state index in [0.717, 1.165) is 33.6 Å². The van der Waals surface area contributed by atoms with Crippen LogP contribution in [0.15, 0.2) is 85.1 Å². The third kappa shape index (κ3) is 3.76. The van der Waals surface area contributed by atoms with E-state index in [1.807, 2.05) is 60.4 Å². The van der Waals surface area contributed by atoms with Crippen molar-refractivity contribution in [1.82, 2.24) is 9.47 Å².